The smallest absolute Gasteiger partial charge is 0.255 e. The molecule has 3 N–H and O–H groups in total. The van der Waals surface area contributed by atoms with E-state index in [0.29, 0.717) is 47.5 Å². The second-order valence-electron chi connectivity index (χ2n) is 7.40. The van der Waals surface area contributed by atoms with Gasteiger partial charge >= 0.3 is 0 Å². The van der Waals surface area contributed by atoms with Crippen molar-refractivity contribution < 1.29 is 26.8 Å². The van der Waals surface area contributed by atoms with E-state index in [0.717, 1.165) is 0 Å². The standard InChI is InChI=1S/C22H24FN3O5S/c1-3-32(28,29)26-17-11-18-16(10-15(17)19-12-25-8-9-30-19)20(22(27)24-2)21(31-18)13-4-6-14(23)7-5-13/h4-7,10-11,19,25-26H,3,8-9,12H2,1-2H3,(H,24,27). The zero-order valence-corrected chi connectivity index (χ0v) is 18.5. The van der Waals surface area contributed by atoms with Gasteiger partial charge in [-0.2, -0.15) is 0 Å². The summed E-state index contributed by atoms with van der Waals surface area (Å²) in [5, 5.41) is 6.35. The Morgan fingerprint density at radius 1 is 1.25 bits per heavy atom. The predicted molar refractivity (Wildman–Crippen MR) is 120 cm³/mol. The summed E-state index contributed by atoms with van der Waals surface area (Å²) in [4.78, 5) is 12.8. The molecule has 0 saturated carbocycles. The predicted octanol–water partition coefficient (Wildman–Crippen LogP) is 3.02. The van der Waals surface area contributed by atoms with E-state index < -0.39 is 21.9 Å². The lowest BCUT2D eigenvalue weighted by Crippen LogP contribution is -2.34. The molecule has 0 aliphatic carbocycles. The maximum atomic E-state index is 13.4. The van der Waals surface area contributed by atoms with Crippen molar-refractivity contribution in [2.75, 3.05) is 37.2 Å². The van der Waals surface area contributed by atoms with Crippen molar-refractivity contribution in [2.24, 2.45) is 0 Å². The molecule has 3 aromatic rings. The number of halogens is 1. The van der Waals surface area contributed by atoms with Crippen molar-refractivity contribution in [1.29, 1.82) is 0 Å². The number of furan rings is 1. The SMILES string of the molecule is CCS(=O)(=O)Nc1cc2oc(-c3ccc(F)cc3)c(C(=O)NC)c2cc1C1CNCCO1. The molecule has 1 atom stereocenters. The number of benzene rings is 2. The number of rotatable bonds is 6. The number of carbonyl (C=O) groups is 1. The number of anilines is 1. The topological polar surface area (TPSA) is 110 Å². The van der Waals surface area contributed by atoms with Crippen LogP contribution in [0.4, 0.5) is 10.1 Å². The van der Waals surface area contributed by atoms with E-state index in [4.69, 9.17) is 9.15 Å². The van der Waals surface area contributed by atoms with E-state index in [2.05, 4.69) is 15.4 Å². The molecule has 2 heterocycles. The highest BCUT2D eigenvalue weighted by Crippen LogP contribution is 2.39. The van der Waals surface area contributed by atoms with Crippen molar-refractivity contribution in [3.05, 3.63) is 53.3 Å². The monoisotopic (exact) mass is 461 g/mol. The maximum Gasteiger partial charge on any atom is 0.255 e. The van der Waals surface area contributed by atoms with Crippen molar-refractivity contribution in [1.82, 2.24) is 10.6 Å². The third-order valence-corrected chi connectivity index (χ3v) is 6.63. The molecular weight excluding hydrogens is 437 g/mol. The Hall–Kier alpha value is -2.95. The van der Waals surface area contributed by atoms with Gasteiger partial charge in [-0.15, -0.1) is 0 Å². The molecule has 1 saturated heterocycles. The van der Waals surface area contributed by atoms with Crippen LogP contribution in [-0.2, 0) is 14.8 Å². The van der Waals surface area contributed by atoms with Crippen LogP contribution in [0, 0.1) is 5.82 Å². The average Bonchev–Trinajstić information content (AvgIpc) is 3.17. The number of morpholine rings is 1. The zero-order chi connectivity index (χ0) is 22.9. The Morgan fingerprint density at radius 2 is 2.00 bits per heavy atom. The van der Waals surface area contributed by atoms with Crippen molar-refractivity contribution in [3.63, 3.8) is 0 Å². The first-order valence-corrected chi connectivity index (χ1v) is 11.9. The molecule has 1 fully saturated rings. The number of nitrogens with one attached hydrogen (secondary N) is 3. The van der Waals surface area contributed by atoms with Gasteiger partial charge in [0, 0.05) is 42.7 Å². The van der Waals surface area contributed by atoms with Gasteiger partial charge in [-0.05, 0) is 37.3 Å². The number of ether oxygens (including phenoxy) is 1. The van der Waals surface area contributed by atoms with E-state index in [1.165, 1.54) is 31.3 Å². The van der Waals surface area contributed by atoms with E-state index in [9.17, 15) is 17.6 Å². The van der Waals surface area contributed by atoms with E-state index in [-0.39, 0.29) is 23.0 Å². The van der Waals surface area contributed by atoms with E-state index >= 15 is 0 Å². The molecule has 0 bridgehead atoms. The normalized spacial score (nSPS) is 16.8. The van der Waals surface area contributed by atoms with Gasteiger partial charge in [0.25, 0.3) is 5.91 Å². The summed E-state index contributed by atoms with van der Waals surface area (Å²) in [6.07, 6.45) is -0.413. The molecular formula is C22H24FN3O5S. The summed E-state index contributed by atoms with van der Waals surface area (Å²) in [5.41, 5.74) is 2.05. The number of hydrogen-bond donors (Lipinski definition) is 3. The van der Waals surface area contributed by atoms with Gasteiger partial charge in [-0.1, -0.05) is 0 Å². The van der Waals surface area contributed by atoms with Gasteiger partial charge in [0.05, 0.1) is 29.7 Å². The highest BCUT2D eigenvalue weighted by atomic mass is 32.2. The van der Waals surface area contributed by atoms with Gasteiger partial charge < -0.3 is 19.8 Å². The van der Waals surface area contributed by atoms with Gasteiger partial charge in [0.1, 0.15) is 17.2 Å². The summed E-state index contributed by atoms with van der Waals surface area (Å²) in [6, 6.07) is 8.90. The summed E-state index contributed by atoms with van der Waals surface area (Å²) < 4.78 is 52.6. The van der Waals surface area contributed by atoms with Crippen LogP contribution in [0.5, 0.6) is 0 Å². The Bertz CT molecular complexity index is 1250. The van der Waals surface area contributed by atoms with Gasteiger partial charge in [0.15, 0.2) is 0 Å². The Balaban J connectivity index is 1.96. The second-order valence-corrected chi connectivity index (χ2v) is 9.41. The van der Waals surface area contributed by atoms with Crippen LogP contribution in [-0.4, -0.2) is 46.8 Å². The number of carbonyl (C=O) groups excluding carboxylic acids is 1. The largest absolute Gasteiger partial charge is 0.455 e. The lowest BCUT2D eigenvalue weighted by Gasteiger charge is -2.26. The fourth-order valence-corrected chi connectivity index (χ4v) is 4.33. The zero-order valence-electron chi connectivity index (χ0n) is 17.7. The first-order valence-electron chi connectivity index (χ1n) is 10.2. The third kappa shape index (κ3) is 4.34. The minimum absolute atomic E-state index is 0.100. The van der Waals surface area contributed by atoms with E-state index in [1.54, 1.807) is 19.1 Å². The summed E-state index contributed by atoms with van der Waals surface area (Å²) in [5.74, 6) is -0.620. The molecule has 1 aromatic heterocycles. The molecule has 1 aliphatic rings. The Morgan fingerprint density at radius 3 is 2.62 bits per heavy atom. The van der Waals surface area contributed by atoms with Crippen LogP contribution in [0.1, 0.15) is 28.9 Å². The van der Waals surface area contributed by atoms with Crippen molar-refractivity contribution in [3.8, 4) is 11.3 Å². The lowest BCUT2D eigenvalue weighted by atomic mass is 9.99. The van der Waals surface area contributed by atoms with Gasteiger partial charge in [-0.25, -0.2) is 12.8 Å². The van der Waals surface area contributed by atoms with Gasteiger partial charge in [0.2, 0.25) is 10.0 Å². The molecule has 0 radical (unpaired) electrons. The van der Waals surface area contributed by atoms with Crippen LogP contribution in [0.3, 0.4) is 0 Å². The first-order chi connectivity index (χ1) is 15.3. The molecule has 1 amide bonds. The molecule has 8 nitrogen and oxygen atoms in total. The number of amides is 1. The Labute approximate surface area is 185 Å². The van der Waals surface area contributed by atoms with Crippen LogP contribution < -0.4 is 15.4 Å². The van der Waals surface area contributed by atoms with Crippen molar-refractivity contribution in [2.45, 2.75) is 13.0 Å². The molecule has 32 heavy (non-hydrogen) atoms. The lowest BCUT2D eigenvalue weighted by molar-refractivity contribution is 0.0282. The Kier molecular flexibility index (Phi) is 6.18. The fourth-order valence-electron chi connectivity index (χ4n) is 3.67. The quantitative estimate of drug-likeness (QED) is 0.521. The second kappa shape index (κ2) is 8.89. The van der Waals surface area contributed by atoms with E-state index in [1.807, 2.05) is 0 Å². The first kappa shape index (κ1) is 22.3. The molecule has 1 aliphatic heterocycles. The molecule has 4 rings (SSSR count). The molecule has 2 aromatic carbocycles. The highest BCUT2D eigenvalue weighted by molar-refractivity contribution is 7.92. The highest BCUT2D eigenvalue weighted by Gasteiger charge is 2.27. The fraction of sp³-hybridized carbons (Fsp3) is 0.318. The minimum Gasteiger partial charge on any atom is -0.455 e. The maximum absolute atomic E-state index is 13.4. The molecule has 170 valence electrons. The molecule has 1 unspecified atom stereocenters. The summed E-state index contributed by atoms with van der Waals surface area (Å²) in [7, 11) is -2.06. The van der Waals surface area contributed by atoms with Crippen LogP contribution in [0.25, 0.3) is 22.3 Å². The summed E-state index contributed by atoms with van der Waals surface area (Å²) >= 11 is 0. The van der Waals surface area contributed by atoms with Gasteiger partial charge in [-0.3, -0.25) is 9.52 Å². The number of sulfonamides is 1. The van der Waals surface area contributed by atoms with Crippen molar-refractivity contribution >= 4 is 32.6 Å². The van der Waals surface area contributed by atoms with Crippen LogP contribution >= 0.6 is 0 Å². The number of fused-ring (bicyclic) bond motifs is 1. The van der Waals surface area contributed by atoms with Crippen LogP contribution in [0.2, 0.25) is 0 Å². The minimum atomic E-state index is -3.57. The number of hydrogen-bond acceptors (Lipinski definition) is 6. The molecule has 10 heteroatoms. The average molecular weight is 462 g/mol. The van der Waals surface area contributed by atoms with Crippen LogP contribution in [0.15, 0.2) is 40.8 Å². The molecule has 0 spiro atoms. The third-order valence-electron chi connectivity index (χ3n) is 5.34. The summed E-state index contributed by atoms with van der Waals surface area (Å²) in [6.45, 7) is 3.20.